The largest absolute Gasteiger partial charge is 0.354 e. The van der Waals surface area contributed by atoms with E-state index in [1.54, 1.807) is 11.8 Å². The molecule has 0 saturated heterocycles. The summed E-state index contributed by atoms with van der Waals surface area (Å²) in [5, 5.41) is 2.95. The molecular weight excluding hydrogens is 448 g/mol. The Morgan fingerprint density at radius 1 is 1.10 bits per heavy atom. The first kappa shape index (κ1) is 23.5. The van der Waals surface area contributed by atoms with E-state index in [0.717, 1.165) is 27.8 Å². The fourth-order valence-electron chi connectivity index (χ4n) is 2.77. The first-order valence-corrected chi connectivity index (χ1v) is 11.7. The quantitative estimate of drug-likeness (QED) is 0.379. The van der Waals surface area contributed by atoms with Crippen LogP contribution in [0.2, 0.25) is 0 Å². The maximum atomic E-state index is 13.0. The van der Waals surface area contributed by atoms with E-state index in [1.165, 1.54) is 17.3 Å². The van der Waals surface area contributed by atoms with Gasteiger partial charge < -0.3 is 10.2 Å². The van der Waals surface area contributed by atoms with Gasteiger partial charge in [0.25, 0.3) is 0 Å². The van der Waals surface area contributed by atoms with Crippen LogP contribution >= 0.6 is 27.7 Å². The highest BCUT2D eigenvalue weighted by molar-refractivity contribution is 9.10. The number of unbranched alkanes of at least 4 members (excludes halogenated alkanes) is 1. The molecule has 0 aliphatic heterocycles. The van der Waals surface area contributed by atoms with E-state index in [2.05, 4.69) is 28.2 Å². The van der Waals surface area contributed by atoms with Gasteiger partial charge in [0.1, 0.15) is 6.04 Å². The molecule has 0 aliphatic carbocycles. The Bertz CT molecular complexity index is 794. The van der Waals surface area contributed by atoms with E-state index in [0.29, 0.717) is 18.8 Å². The summed E-state index contributed by atoms with van der Waals surface area (Å²) in [6, 6.07) is 15.4. The molecule has 0 aliphatic rings. The van der Waals surface area contributed by atoms with Gasteiger partial charge in [-0.1, -0.05) is 59.1 Å². The summed E-state index contributed by atoms with van der Waals surface area (Å²) in [5.74, 6) is 0.146. The molecule has 1 N–H and O–H groups in total. The van der Waals surface area contributed by atoms with E-state index >= 15 is 0 Å². The molecule has 1 atom stereocenters. The van der Waals surface area contributed by atoms with Crippen LogP contribution in [-0.4, -0.2) is 35.1 Å². The second kappa shape index (κ2) is 12.0. The molecule has 0 radical (unpaired) electrons. The lowest BCUT2D eigenvalue weighted by atomic mass is 10.1. The van der Waals surface area contributed by atoms with E-state index in [9.17, 15) is 9.59 Å². The van der Waals surface area contributed by atoms with E-state index in [1.807, 2.05) is 55.5 Å². The van der Waals surface area contributed by atoms with Crippen LogP contribution in [0.15, 0.2) is 57.9 Å². The van der Waals surface area contributed by atoms with Crippen molar-refractivity contribution in [1.29, 1.82) is 0 Å². The van der Waals surface area contributed by atoms with Crippen LogP contribution in [0.25, 0.3) is 0 Å². The van der Waals surface area contributed by atoms with Crippen LogP contribution < -0.4 is 5.32 Å². The zero-order valence-electron chi connectivity index (χ0n) is 17.3. The van der Waals surface area contributed by atoms with Crippen molar-refractivity contribution in [1.82, 2.24) is 10.2 Å². The zero-order valence-corrected chi connectivity index (χ0v) is 19.7. The fourth-order valence-corrected chi connectivity index (χ4v) is 3.82. The van der Waals surface area contributed by atoms with Crippen LogP contribution in [0, 0.1) is 6.92 Å². The van der Waals surface area contributed by atoms with Gasteiger partial charge in [-0.15, -0.1) is 11.8 Å². The van der Waals surface area contributed by atoms with Gasteiger partial charge in [-0.25, -0.2) is 0 Å². The average molecular weight is 477 g/mol. The molecule has 2 aromatic rings. The number of amides is 2. The Balaban J connectivity index is 2.08. The molecule has 4 nitrogen and oxygen atoms in total. The van der Waals surface area contributed by atoms with Crippen molar-refractivity contribution in [2.24, 2.45) is 0 Å². The van der Waals surface area contributed by atoms with Crippen molar-refractivity contribution >= 4 is 39.5 Å². The van der Waals surface area contributed by atoms with Crippen LogP contribution in [-0.2, 0) is 16.1 Å². The Morgan fingerprint density at radius 3 is 2.38 bits per heavy atom. The number of rotatable bonds is 10. The SMILES string of the molecule is CCCCNC(=O)[C@@H](C)N(Cc1ccc(Br)cc1)C(=O)CSc1ccc(C)cc1. The highest BCUT2D eigenvalue weighted by atomic mass is 79.9. The minimum absolute atomic E-state index is 0.0448. The molecule has 0 heterocycles. The number of nitrogens with zero attached hydrogens (tertiary/aromatic N) is 1. The number of thioether (sulfide) groups is 1. The molecular formula is C23H29BrN2O2S. The predicted molar refractivity (Wildman–Crippen MR) is 124 cm³/mol. The molecule has 156 valence electrons. The van der Waals surface area contributed by atoms with Gasteiger partial charge in [0, 0.05) is 22.5 Å². The molecule has 29 heavy (non-hydrogen) atoms. The summed E-state index contributed by atoms with van der Waals surface area (Å²) in [5.41, 5.74) is 2.19. The Kier molecular flexibility index (Phi) is 9.74. The zero-order chi connectivity index (χ0) is 21.2. The molecule has 2 aromatic carbocycles. The molecule has 0 aromatic heterocycles. The smallest absolute Gasteiger partial charge is 0.242 e. The van der Waals surface area contributed by atoms with Crippen molar-refractivity contribution in [3.63, 3.8) is 0 Å². The van der Waals surface area contributed by atoms with Gasteiger partial charge in [-0.2, -0.15) is 0 Å². The maximum absolute atomic E-state index is 13.0. The summed E-state index contributed by atoms with van der Waals surface area (Å²) in [4.78, 5) is 28.4. The summed E-state index contributed by atoms with van der Waals surface area (Å²) in [6.07, 6.45) is 1.95. The van der Waals surface area contributed by atoms with Crippen LogP contribution in [0.4, 0.5) is 0 Å². The minimum atomic E-state index is -0.526. The third-order valence-electron chi connectivity index (χ3n) is 4.65. The van der Waals surface area contributed by atoms with E-state index in [-0.39, 0.29) is 11.8 Å². The second-order valence-electron chi connectivity index (χ2n) is 7.07. The Hall–Kier alpha value is -1.79. The van der Waals surface area contributed by atoms with E-state index < -0.39 is 6.04 Å². The second-order valence-corrected chi connectivity index (χ2v) is 9.03. The fraction of sp³-hybridized carbons (Fsp3) is 0.391. The highest BCUT2D eigenvalue weighted by Gasteiger charge is 2.26. The molecule has 0 unspecified atom stereocenters. The molecule has 0 spiro atoms. The third-order valence-corrected chi connectivity index (χ3v) is 6.17. The lowest BCUT2D eigenvalue weighted by Crippen LogP contribution is -2.48. The van der Waals surface area contributed by atoms with Crippen LogP contribution in [0.5, 0.6) is 0 Å². The molecule has 0 bridgehead atoms. The van der Waals surface area contributed by atoms with Crippen LogP contribution in [0.1, 0.15) is 37.8 Å². The van der Waals surface area contributed by atoms with Crippen molar-refractivity contribution in [3.8, 4) is 0 Å². The lowest BCUT2D eigenvalue weighted by molar-refractivity contribution is -0.138. The summed E-state index contributed by atoms with van der Waals surface area (Å²) in [6.45, 7) is 6.97. The number of hydrogen-bond donors (Lipinski definition) is 1. The average Bonchev–Trinajstić information content (AvgIpc) is 2.72. The molecule has 6 heteroatoms. The monoisotopic (exact) mass is 476 g/mol. The number of aryl methyl sites for hydroxylation is 1. The molecule has 0 fully saturated rings. The van der Waals surface area contributed by atoms with E-state index in [4.69, 9.17) is 0 Å². The third kappa shape index (κ3) is 7.86. The molecule has 2 rings (SSSR count). The van der Waals surface area contributed by atoms with Gasteiger partial charge >= 0.3 is 0 Å². The first-order chi connectivity index (χ1) is 13.9. The normalized spacial score (nSPS) is 11.7. The van der Waals surface area contributed by atoms with Gasteiger partial charge in [0.2, 0.25) is 11.8 Å². The number of hydrogen-bond acceptors (Lipinski definition) is 3. The highest BCUT2D eigenvalue weighted by Crippen LogP contribution is 2.21. The maximum Gasteiger partial charge on any atom is 0.242 e. The van der Waals surface area contributed by atoms with Gasteiger partial charge in [0.15, 0.2) is 0 Å². The minimum Gasteiger partial charge on any atom is -0.354 e. The Labute approximate surface area is 186 Å². The number of carbonyl (C=O) groups excluding carboxylic acids is 2. The lowest BCUT2D eigenvalue weighted by Gasteiger charge is -2.29. The molecule has 2 amide bonds. The standard InChI is InChI=1S/C23H29BrN2O2S/c1-4-5-14-25-23(28)18(3)26(15-19-8-10-20(24)11-9-19)22(27)16-29-21-12-6-17(2)7-13-21/h6-13,18H,4-5,14-16H2,1-3H3,(H,25,28)/t18-/m1/s1. The number of halogens is 1. The topological polar surface area (TPSA) is 49.4 Å². The summed E-state index contributed by atoms with van der Waals surface area (Å²) in [7, 11) is 0. The van der Waals surface area contributed by atoms with Gasteiger partial charge in [0.05, 0.1) is 5.75 Å². The van der Waals surface area contributed by atoms with Crippen molar-refractivity contribution in [2.45, 2.75) is 51.1 Å². The van der Waals surface area contributed by atoms with Crippen molar-refractivity contribution < 1.29 is 9.59 Å². The summed E-state index contributed by atoms with van der Waals surface area (Å²) >= 11 is 4.93. The van der Waals surface area contributed by atoms with Crippen LogP contribution in [0.3, 0.4) is 0 Å². The number of nitrogens with one attached hydrogen (secondary N) is 1. The van der Waals surface area contributed by atoms with Crippen molar-refractivity contribution in [3.05, 3.63) is 64.1 Å². The Morgan fingerprint density at radius 2 is 1.76 bits per heavy atom. The number of benzene rings is 2. The number of carbonyl (C=O) groups is 2. The van der Waals surface area contributed by atoms with Gasteiger partial charge in [-0.3, -0.25) is 9.59 Å². The van der Waals surface area contributed by atoms with Gasteiger partial charge in [-0.05, 0) is 50.1 Å². The first-order valence-electron chi connectivity index (χ1n) is 9.91. The van der Waals surface area contributed by atoms with Crippen molar-refractivity contribution in [2.75, 3.05) is 12.3 Å². The molecule has 0 saturated carbocycles. The summed E-state index contributed by atoms with van der Waals surface area (Å²) < 4.78 is 0.986. The predicted octanol–water partition coefficient (Wildman–Crippen LogP) is 5.18.